The van der Waals surface area contributed by atoms with Gasteiger partial charge in [-0.25, -0.2) is 0 Å². The number of fused-ring (bicyclic) bond motifs is 1. The van der Waals surface area contributed by atoms with Crippen LogP contribution in [0.25, 0.3) is 12.0 Å². The highest BCUT2D eigenvalue weighted by Crippen LogP contribution is 2.28. The van der Waals surface area contributed by atoms with Gasteiger partial charge in [-0.3, -0.25) is 19.9 Å². The summed E-state index contributed by atoms with van der Waals surface area (Å²) in [5.41, 5.74) is 1.60. The van der Waals surface area contributed by atoms with Crippen LogP contribution in [0.15, 0.2) is 46.9 Å². The smallest absolute Gasteiger partial charge is 0.267 e. The van der Waals surface area contributed by atoms with Crippen LogP contribution in [-0.4, -0.2) is 42.7 Å². The van der Waals surface area contributed by atoms with Crippen molar-refractivity contribution in [1.29, 1.82) is 0 Å². The molecular formula is C31H41NO6. The van der Waals surface area contributed by atoms with Gasteiger partial charge >= 0.3 is 0 Å². The van der Waals surface area contributed by atoms with Gasteiger partial charge in [0.1, 0.15) is 0 Å². The van der Waals surface area contributed by atoms with Crippen LogP contribution in [0.3, 0.4) is 0 Å². The summed E-state index contributed by atoms with van der Waals surface area (Å²) in [6.07, 6.45) is 14.4. The number of nitrogens with zero attached hydrogens (tertiary/aromatic N) is 1. The minimum atomic E-state index is -1.01. The number of aliphatic hydroxyl groups is 3. The summed E-state index contributed by atoms with van der Waals surface area (Å²) in [4.78, 5) is 23.7. The molecule has 0 heterocycles. The molecule has 0 fully saturated rings. The van der Waals surface area contributed by atoms with Crippen LogP contribution >= 0.6 is 0 Å². The van der Waals surface area contributed by atoms with Crippen molar-refractivity contribution in [3.63, 3.8) is 0 Å². The van der Waals surface area contributed by atoms with E-state index in [0.717, 1.165) is 47.6 Å². The van der Waals surface area contributed by atoms with Crippen LogP contribution in [0.2, 0.25) is 0 Å². The fourth-order valence-electron chi connectivity index (χ4n) is 4.79. The quantitative estimate of drug-likeness (QED) is 0.137. The number of hydrogen-bond donors (Lipinski definition) is 4. The lowest BCUT2D eigenvalue weighted by Gasteiger charge is -2.28. The number of carbonyl (C=O) groups excluding carboxylic acids is 2. The number of unbranched alkanes of at least 4 members (excludes halogenated alkanes) is 7. The minimum Gasteiger partial charge on any atom is -0.504 e. The standard InChI is InChI=1S/C31H41NO6/c1-5-6-7-8-9-10-11-12-13-20-14-22-16-24(21-17-25(33)29(36)26(34)18-21)28(35)30(37)27(22)23(15-20)19-32(38)31(2,3)4/h14-15,17-19,33,35,37-38H,5-13,16H2,1-4H3/b23-19+. The first-order valence-electron chi connectivity index (χ1n) is 13.6. The monoisotopic (exact) mass is 523 g/mol. The molecule has 7 heteroatoms. The Kier molecular flexibility index (Phi) is 9.60. The molecule has 0 spiro atoms. The maximum atomic E-state index is 12.0. The van der Waals surface area contributed by atoms with Crippen LogP contribution in [0.5, 0.6) is 0 Å². The first-order chi connectivity index (χ1) is 17.9. The Morgan fingerprint density at radius 3 is 2.13 bits per heavy atom. The summed E-state index contributed by atoms with van der Waals surface area (Å²) in [6.45, 7) is 7.77. The highest BCUT2D eigenvalue weighted by atomic mass is 16.5. The van der Waals surface area contributed by atoms with E-state index >= 15 is 0 Å². The van der Waals surface area contributed by atoms with Gasteiger partial charge in [-0.2, -0.15) is 0 Å². The third-order valence-electron chi connectivity index (χ3n) is 7.08. The molecule has 7 nitrogen and oxygen atoms in total. The number of aryl methyl sites for hydroxylation is 1. The van der Waals surface area contributed by atoms with E-state index in [0.29, 0.717) is 10.4 Å². The molecule has 206 valence electrons. The van der Waals surface area contributed by atoms with Crippen molar-refractivity contribution >= 4 is 23.5 Å². The molecule has 0 saturated carbocycles. The second-order valence-corrected chi connectivity index (χ2v) is 11.3. The molecule has 0 unspecified atom stereocenters. The molecule has 0 saturated heterocycles. The van der Waals surface area contributed by atoms with Gasteiger partial charge in [0.15, 0.2) is 17.3 Å². The summed E-state index contributed by atoms with van der Waals surface area (Å²) >= 11 is 0. The van der Waals surface area contributed by atoms with E-state index in [-0.39, 0.29) is 23.3 Å². The molecule has 0 aromatic heterocycles. The maximum absolute atomic E-state index is 12.0. The lowest BCUT2D eigenvalue weighted by molar-refractivity contribution is -0.133. The number of aliphatic hydroxyl groups excluding tert-OH is 3. The average molecular weight is 524 g/mol. The maximum Gasteiger partial charge on any atom is 0.267 e. The zero-order chi connectivity index (χ0) is 28.0. The summed E-state index contributed by atoms with van der Waals surface area (Å²) in [5, 5.41) is 44.6. The molecule has 1 aromatic carbocycles. The van der Waals surface area contributed by atoms with Crippen LogP contribution in [0, 0.1) is 0 Å². The number of hydroxylamine groups is 2. The van der Waals surface area contributed by atoms with Gasteiger partial charge < -0.3 is 15.3 Å². The molecule has 0 aliphatic heterocycles. The van der Waals surface area contributed by atoms with Gasteiger partial charge in [0.25, 0.3) is 5.78 Å². The van der Waals surface area contributed by atoms with Gasteiger partial charge in [0.05, 0.1) is 5.54 Å². The normalized spacial score (nSPS) is 16.6. The van der Waals surface area contributed by atoms with Gasteiger partial charge in [-0.05, 0) is 68.5 Å². The van der Waals surface area contributed by atoms with E-state index in [1.54, 1.807) is 6.20 Å². The number of benzene rings is 1. The molecule has 1 aromatic rings. The minimum absolute atomic E-state index is 0.176. The molecule has 38 heavy (non-hydrogen) atoms. The van der Waals surface area contributed by atoms with E-state index < -0.39 is 28.6 Å². The Balaban J connectivity index is 1.97. The van der Waals surface area contributed by atoms with Crippen molar-refractivity contribution in [2.75, 3.05) is 0 Å². The molecule has 0 bridgehead atoms. The van der Waals surface area contributed by atoms with E-state index in [4.69, 9.17) is 0 Å². The van der Waals surface area contributed by atoms with Crippen LogP contribution < -0.4 is 10.4 Å². The first-order valence-corrected chi connectivity index (χ1v) is 13.6. The Bertz CT molecular complexity index is 1290. The lowest BCUT2D eigenvalue weighted by atomic mass is 9.86. The first kappa shape index (κ1) is 29.2. The molecule has 0 radical (unpaired) electrons. The molecule has 0 atom stereocenters. The molecular weight excluding hydrogens is 482 g/mol. The number of allylic oxidation sites excluding steroid dienone is 5. The van der Waals surface area contributed by atoms with Crippen molar-refractivity contribution in [1.82, 2.24) is 5.06 Å². The average Bonchev–Trinajstić information content (AvgIpc) is 2.85. The summed E-state index contributed by atoms with van der Waals surface area (Å²) in [5.74, 6) is -3.40. The topological polar surface area (TPSA) is 118 Å². The molecule has 3 rings (SSSR count). The number of hydrogen-bond acceptors (Lipinski definition) is 7. The van der Waals surface area contributed by atoms with Crippen molar-refractivity contribution < 1.29 is 30.1 Å². The van der Waals surface area contributed by atoms with Crippen molar-refractivity contribution in [3.8, 4) is 0 Å². The van der Waals surface area contributed by atoms with E-state index in [9.17, 15) is 30.1 Å². The Hall–Kier alpha value is -3.32. The van der Waals surface area contributed by atoms with Gasteiger partial charge in [0.2, 0.25) is 5.78 Å². The Labute approximate surface area is 224 Å². The SMILES string of the molecule is CCCCCCCCCCc1cc2c(/c(=C/N(O)C(C)(C)C)c1)=C(O)C(O)=C(C1=CC(=O)C(=O)C(O)=C1)C2. The van der Waals surface area contributed by atoms with Crippen molar-refractivity contribution in [2.45, 2.75) is 97.4 Å². The summed E-state index contributed by atoms with van der Waals surface area (Å²) in [7, 11) is 0. The Morgan fingerprint density at radius 2 is 1.53 bits per heavy atom. The zero-order valence-corrected chi connectivity index (χ0v) is 23.0. The van der Waals surface area contributed by atoms with Gasteiger partial charge in [0, 0.05) is 28.6 Å². The molecule has 0 amide bonds. The number of carbonyl (C=O) groups is 2. The summed E-state index contributed by atoms with van der Waals surface area (Å²) in [6, 6.07) is 3.91. The Morgan fingerprint density at radius 1 is 0.895 bits per heavy atom. The molecule has 4 N–H and O–H groups in total. The predicted octanol–water partition coefficient (Wildman–Crippen LogP) is 5.15. The van der Waals surface area contributed by atoms with E-state index in [2.05, 4.69) is 6.92 Å². The lowest BCUT2D eigenvalue weighted by Crippen LogP contribution is -2.41. The van der Waals surface area contributed by atoms with Gasteiger partial charge in [-0.15, -0.1) is 0 Å². The van der Waals surface area contributed by atoms with Crippen LogP contribution in [-0.2, 0) is 22.4 Å². The van der Waals surface area contributed by atoms with Crippen LogP contribution in [0.1, 0.15) is 90.2 Å². The third kappa shape index (κ3) is 6.95. The predicted molar refractivity (Wildman–Crippen MR) is 148 cm³/mol. The number of ketones is 2. The third-order valence-corrected chi connectivity index (χ3v) is 7.08. The second kappa shape index (κ2) is 12.5. The van der Waals surface area contributed by atoms with Crippen molar-refractivity contribution in [3.05, 3.63) is 68.5 Å². The second-order valence-electron chi connectivity index (χ2n) is 11.3. The van der Waals surface area contributed by atoms with Gasteiger partial charge in [-0.1, -0.05) is 57.9 Å². The zero-order valence-electron chi connectivity index (χ0n) is 23.0. The fraction of sp³-hybridized carbons (Fsp3) is 0.484. The largest absolute Gasteiger partial charge is 0.504 e. The van der Waals surface area contributed by atoms with E-state index in [1.807, 2.05) is 32.9 Å². The molecule has 2 aliphatic carbocycles. The highest BCUT2D eigenvalue weighted by Gasteiger charge is 2.28. The molecule has 2 aliphatic rings. The fourth-order valence-corrected chi connectivity index (χ4v) is 4.79. The number of rotatable bonds is 11. The van der Waals surface area contributed by atoms with E-state index in [1.165, 1.54) is 38.5 Å². The number of Topliss-reactive ketones (excluding diaryl/α,β-unsaturated/α-hetero) is 1. The highest BCUT2D eigenvalue weighted by molar-refractivity contribution is 6.47. The van der Waals surface area contributed by atoms with Crippen LogP contribution in [0.4, 0.5) is 0 Å². The van der Waals surface area contributed by atoms with Crippen molar-refractivity contribution in [2.24, 2.45) is 0 Å². The summed E-state index contributed by atoms with van der Waals surface area (Å²) < 4.78 is 0.